The second-order valence-electron chi connectivity index (χ2n) is 4.12. The molecule has 0 unspecified atom stereocenters. The van der Waals surface area contributed by atoms with Crippen molar-refractivity contribution in [3.63, 3.8) is 0 Å². The Morgan fingerprint density at radius 3 is 3.00 bits per heavy atom. The minimum absolute atomic E-state index is 0.175. The van der Waals surface area contributed by atoms with Crippen LogP contribution in [0.3, 0.4) is 0 Å². The molecule has 19 heavy (non-hydrogen) atoms. The first-order chi connectivity index (χ1) is 9.33. The maximum Gasteiger partial charge on any atom is 0.224 e. The highest BCUT2D eigenvalue weighted by molar-refractivity contribution is 5.85. The summed E-state index contributed by atoms with van der Waals surface area (Å²) in [6.45, 7) is 0. The van der Waals surface area contributed by atoms with E-state index in [0.717, 1.165) is 10.9 Å². The van der Waals surface area contributed by atoms with Crippen LogP contribution in [0.25, 0.3) is 27.9 Å². The molecule has 92 valence electrons. The van der Waals surface area contributed by atoms with E-state index >= 15 is 0 Å². The van der Waals surface area contributed by atoms with Gasteiger partial charge in [-0.3, -0.25) is 0 Å². The highest BCUT2D eigenvalue weighted by atomic mass is 15.3. The predicted octanol–water partition coefficient (Wildman–Crippen LogP) is 1.27. The van der Waals surface area contributed by atoms with E-state index in [1.165, 1.54) is 0 Å². The molecule has 3 N–H and O–H groups in total. The zero-order chi connectivity index (χ0) is 12.8. The molecule has 0 amide bonds. The molecular weight excluding hydrogens is 242 g/mol. The molecule has 0 radical (unpaired) electrons. The molecule has 0 aliphatic carbocycles. The molecule has 0 atom stereocenters. The summed E-state index contributed by atoms with van der Waals surface area (Å²) in [7, 11) is 0. The van der Waals surface area contributed by atoms with Crippen LogP contribution < -0.4 is 5.73 Å². The summed E-state index contributed by atoms with van der Waals surface area (Å²) in [4.78, 5) is 15.4. The number of imidazole rings is 1. The van der Waals surface area contributed by atoms with Crippen LogP contribution in [0.1, 0.15) is 0 Å². The van der Waals surface area contributed by atoms with Gasteiger partial charge in [0.05, 0.1) is 18.0 Å². The van der Waals surface area contributed by atoms with Gasteiger partial charge in [0.25, 0.3) is 0 Å². The number of H-pyrrole nitrogens is 1. The van der Waals surface area contributed by atoms with E-state index < -0.39 is 0 Å². The van der Waals surface area contributed by atoms with Crippen LogP contribution in [-0.2, 0) is 0 Å². The van der Waals surface area contributed by atoms with E-state index in [-0.39, 0.29) is 5.95 Å². The predicted molar refractivity (Wildman–Crippen MR) is 70.7 cm³/mol. The minimum Gasteiger partial charge on any atom is -0.368 e. The Morgan fingerprint density at radius 1 is 1.16 bits per heavy atom. The quantitative estimate of drug-likeness (QED) is 0.531. The Kier molecular flexibility index (Phi) is 1.85. The number of nitrogens with two attached hydrogens (primary N) is 1. The van der Waals surface area contributed by atoms with Crippen molar-refractivity contribution in [2.75, 3.05) is 5.73 Å². The zero-order valence-electron chi connectivity index (χ0n) is 9.78. The third kappa shape index (κ3) is 1.38. The molecule has 0 aliphatic heterocycles. The van der Waals surface area contributed by atoms with Gasteiger partial charge in [-0.25, -0.2) is 9.67 Å². The molecule has 7 nitrogen and oxygen atoms in total. The molecule has 0 saturated carbocycles. The van der Waals surface area contributed by atoms with Crippen LogP contribution in [0.2, 0.25) is 0 Å². The Hall–Kier alpha value is -2.96. The summed E-state index contributed by atoms with van der Waals surface area (Å²) in [5.74, 6) is 0.774. The van der Waals surface area contributed by atoms with Gasteiger partial charge in [0.1, 0.15) is 5.52 Å². The van der Waals surface area contributed by atoms with Gasteiger partial charge >= 0.3 is 0 Å². The number of nitrogens with one attached hydrogen (secondary N) is 1. The number of hydrogen-bond acceptors (Lipinski definition) is 5. The Labute approximate surface area is 107 Å². The number of nitrogens with zero attached hydrogens (tertiary/aromatic N) is 5. The molecule has 0 saturated heterocycles. The lowest BCUT2D eigenvalue weighted by Crippen LogP contribution is -2.05. The van der Waals surface area contributed by atoms with Crippen LogP contribution in [-0.4, -0.2) is 29.7 Å². The van der Waals surface area contributed by atoms with Gasteiger partial charge in [0.2, 0.25) is 5.95 Å². The van der Waals surface area contributed by atoms with Crippen molar-refractivity contribution in [2.45, 2.75) is 0 Å². The largest absolute Gasteiger partial charge is 0.368 e. The molecular formula is C12H9N7. The summed E-state index contributed by atoms with van der Waals surface area (Å²) in [5.41, 5.74) is 7.91. The topological polar surface area (TPSA) is 98.3 Å². The highest BCUT2D eigenvalue weighted by Gasteiger charge is 2.13. The first-order valence-electron chi connectivity index (χ1n) is 5.73. The van der Waals surface area contributed by atoms with E-state index in [9.17, 15) is 0 Å². The summed E-state index contributed by atoms with van der Waals surface area (Å²) < 4.78 is 1.73. The standard InChI is InChI=1S/C12H9N7/c13-12-17-10-9(14-6-15-10)11(18-12)19-8-4-2-1-3-7(8)5-16-19/h1-6H,(H3,13,14,15,17,18). The Balaban J connectivity index is 2.11. The van der Waals surface area contributed by atoms with Crippen molar-refractivity contribution in [1.29, 1.82) is 0 Å². The van der Waals surface area contributed by atoms with E-state index in [1.54, 1.807) is 17.2 Å². The van der Waals surface area contributed by atoms with Crippen molar-refractivity contribution in [1.82, 2.24) is 29.7 Å². The second-order valence-corrected chi connectivity index (χ2v) is 4.12. The normalized spacial score (nSPS) is 11.4. The fourth-order valence-corrected chi connectivity index (χ4v) is 2.13. The number of para-hydroxylation sites is 1. The van der Waals surface area contributed by atoms with Crippen LogP contribution in [0, 0.1) is 0 Å². The Morgan fingerprint density at radius 2 is 2.05 bits per heavy atom. The van der Waals surface area contributed by atoms with Gasteiger partial charge in [0, 0.05) is 5.39 Å². The molecule has 0 spiro atoms. The highest BCUT2D eigenvalue weighted by Crippen LogP contribution is 2.21. The van der Waals surface area contributed by atoms with Gasteiger partial charge in [-0.1, -0.05) is 18.2 Å². The number of fused-ring (bicyclic) bond motifs is 2. The Bertz CT molecular complexity index is 889. The van der Waals surface area contributed by atoms with E-state index in [0.29, 0.717) is 17.0 Å². The fourth-order valence-electron chi connectivity index (χ4n) is 2.13. The second kappa shape index (κ2) is 3.52. The molecule has 0 fully saturated rings. The summed E-state index contributed by atoms with van der Waals surface area (Å²) >= 11 is 0. The number of rotatable bonds is 1. The number of aromatic amines is 1. The van der Waals surface area contributed by atoms with E-state index in [2.05, 4.69) is 25.0 Å². The molecule has 3 aromatic heterocycles. The number of benzene rings is 1. The molecule has 1 aromatic carbocycles. The SMILES string of the molecule is Nc1nc(-n2ncc3ccccc32)c2[nH]cnc2n1. The fraction of sp³-hybridized carbons (Fsp3) is 0. The van der Waals surface area contributed by atoms with Crippen molar-refractivity contribution < 1.29 is 0 Å². The van der Waals surface area contributed by atoms with Crippen molar-refractivity contribution in [3.05, 3.63) is 36.8 Å². The van der Waals surface area contributed by atoms with Crippen LogP contribution in [0.5, 0.6) is 0 Å². The molecule has 7 heteroatoms. The minimum atomic E-state index is 0.175. The third-order valence-corrected chi connectivity index (χ3v) is 2.96. The van der Waals surface area contributed by atoms with Gasteiger partial charge < -0.3 is 10.7 Å². The zero-order valence-corrected chi connectivity index (χ0v) is 9.78. The first kappa shape index (κ1) is 10.0. The molecule has 0 bridgehead atoms. The van der Waals surface area contributed by atoms with Crippen molar-refractivity contribution in [3.8, 4) is 5.82 Å². The molecule has 4 rings (SSSR count). The van der Waals surface area contributed by atoms with E-state index in [1.807, 2.05) is 24.3 Å². The van der Waals surface area contributed by atoms with Crippen molar-refractivity contribution in [2.24, 2.45) is 0 Å². The molecule has 0 aliphatic rings. The van der Waals surface area contributed by atoms with Crippen molar-refractivity contribution >= 4 is 28.0 Å². The first-order valence-corrected chi connectivity index (χ1v) is 5.73. The number of hydrogen-bond donors (Lipinski definition) is 2. The van der Waals surface area contributed by atoms with Gasteiger partial charge in [0.15, 0.2) is 11.5 Å². The maximum atomic E-state index is 5.72. The lowest BCUT2D eigenvalue weighted by Gasteiger charge is -2.04. The number of nitrogen functional groups attached to an aromatic ring is 1. The third-order valence-electron chi connectivity index (χ3n) is 2.96. The average Bonchev–Trinajstić information content (AvgIpc) is 3.03. The van der Waals surface area contributed by atoms with Crippen LogP contribution in [0.4, 0.5) is 5.95 Å². The smallest absolute Gasteiger partial charge is 0.224 e. The molecule has 4 aromatic rings. The van der Waals surface area contributed by atoms with Gasteiger partial charge in [-0.2, -0.15) is 15.1 Å². The average molecular weight is 251 g/mol. The van der Waals surface area contributed by atoms with Crippen LogP contribution in [0.15, 0.2) is 36.8 Å². The van der Waals surface area contributed by atoms with Gasteiger partial charge in [-0.15, -0.1) is 0 Å². The van der Waals surface area contributed by atoms with Gasteiger partial charge in [-0.05, 0) is 6.07 Å². The number of anilines is 1. The summed E-state index contributed by atoms with van der Waals surface area (Å²) in [6.07, 6.45) is 3.35. The summed E-state index contributed by atoms with van der Waals surface area (Å²) in [6, 6.07) is 7.89. The number of aromatic nitrogens is 6. The van der Waals surface area contributed by atoms with E-state index in [4.69, 9.17) is 5.73 Å². The lowest BCUT2D eigenvalue weighted by molar-refractivity contribution is 0.878. The maximum absolute atomic E-state index is 5.72. The monoisotopic (exact) mass is 251 g/mol. The van der Waals surface area contributed by atoms with Crippen LogP contribution >= 0.6 is 0 Å². The lowest BCUT2D eigenvalue weighted by atomic mass is 10.2. The molecule has 3 heterocycles. The summed E-state index contributed by atoms with van der Waals surface area (Å²) in [5, 5.41) is 5.39.